The van der Waals surface area contributed by atoms with E-state index < -0.39 is 67.0 Å². The zero-order valence-corrected chi connectivity index (χ0v) is 33.2. The van der Waals surface area contributed by atoms with Gasteiger partial charge in [-0.3, -0.25) is 0 Å². The standard InChI is InChI=1S/C41H70O12/c1-21(2)10-9-14-41(8,49)22-11-16-40(7)29(22)23(42)18-27-38(5)15-13-28(37(3,4)26(38)12-17-39(27,40)6)53-36-34(48)32(46)31(45)25(52-36)20-51-35-33(47)30(44)24(43)19-50-35/h10,22-36,42-49H,9,11-20H2,1-8H3/t22-,23+,24+,25+,26+,27+,28+,29-,30-,31+,32-,33+,34+,35-,36-,38+,39+,40-,41+/m1/s1. The summed E-state index contributed by atoms with van der Waals surface area (Å²) in [6, 6.07) is 0. The molecule has 2 heterocycles. The number of ether oxygens (including phenoxy) is 4. The third-order valence-electron chi connectivity index (χ3n) is 16.2. The molecule has 19 atom stereocenters. The summed E-state index contributed by atoms with van der Waals surface area (Å²) < 4.78 is 23.6. The number of allylic oxidation sites excluding steroid dienone is 2. The minimum Gasteiger partial charge on any atom is -0.393 e. The van der Waals surface area contributed by atoms with Crippen molar-refractivity contribution in [3.05, 3.63) is 11.6 Å². The van der Waals surface area contributed by atoms with E-state index in [2.05, 4.69) is 54.5 Å². The van der Waals surface area contributed by atoms with Crippen molar-refractivity contribution in [1.29, 1.82) is 0 Å². The SMILES string of the molecule is CC(C)=CCC[C@](C)(O)[C@@H]1CC[C@]2(C)[C@H]1[C@@H](O)C[C@H]1[C@@]3(C)CC[C@H](O[C@H]4O[C@@H](CO[C@H]5OC[C@H](O)[C@@H](O)[C@@H]5O)[C@H](O)[C@@H](O)[C@@H]4O)C(C)(C)[C@@H]3CC[C@@]12C. The fraction of sp³-hybridized carbons (Fsp3) is 0.951. The van der Waals surface area contributed by atoms with Gasteiger partial charge in [0.25, 0.3) is 0 Å². The molecule has 0 aromatic rings. The number of aliphatic hydroxyl groups is 8. The van der Waals surface area contributed by atoms with Crippen LogP contribution in [0.15, 0.2) is 11.6 Å². The van der Waals surface area contributed by atoms with Crippen LogP contribution in [-0.2, 0) is 18.9 Å². The summed E-state index contributed by atoms with van der Waals surface area (Å²) in [7, 11) is 0. The van der Waals surface area contributed by atoms with Crippen molar-refractivity contribution in [2.24, 2.45) is 45.3 Å². The van der Waals surface area contributed by atoms with Gasteiger partial charge in [-0.25, -0.2) is 0 Å². The Morgan fingerprint density at radius 3 is 2.11 bits per heavy atom. The largest absolute Gasteiger partial charge is 0.393 e. The number of aliphatic hydroxyl groups excluding tert-OH is 7. The average molecular weight is 755 g/mol. The van der Waals surface area contributed by atoms with Gasteiger partial charge in [0.1, 0.15) is 42.7 Å². The first-order valence-corrected chi connectivity index (χ1v) is 20.3. The Kier molecular flexibility index (Phi) is 11.8. The van der Waals surface area contributed by atoms with Crippen LogP contribution in [0.2, 0.25) is 0 Å². The van der Waals surface area contributed by atoms with Gasteiger partial charge in [0, 0.05) is 0 Å². The summed E-state index contributed by atoms with van der Waals surface area (Å²) in [5, 5.41) is 86.7. The maximum atomic E-state index is 12.1. The number of hydrogen-bond acceptors (Lipinski definition) is 12. The van der Waals surface area contributed by atoms with Crippen LogP contribution < -0.4 is 0 Å². The van der Waals surface area contributed by atoms with Gasteiger partial charge < -0.3 is 59.8 Å². The molecule has 4 aliphatic carbocycles. The Morgan fingerprint density at radius 1 is 0.774 bits per heavy atom. The topological polar surface area (TPSA) is 199 Å². The molecule has 0 aromatic carbocycles. The van der Waals surface area contributed by atoms with Crippen molar-refractivity contribution in [2.75, 3.05) is 13.2 Å². The Hall–Kier alpha value is -0.740. The van der Waals surface area contributed by atoms with E-state index in [1.165, 1.54) is 5.57 Å². The van der Waals surface area contributed by atoms with E-state index in [1.54, 1.807) is 0 Å². The molecule has 12 heteroatoms. The lowest BCUT2D eigenvalue weighted by Gasteiger charge is -2.70. The monoisotopic (exact) mass is 754 g/mol. The first-order chi connectivity index (χ1) is 24.6. The summed E-state index contributed by atoms with van der Waals surface area (Å²) in [5.41, 5.74) is -0.187. The highest BCUT2D eigenvalue weighted by atomic mass is 16.7. The van der Waals surface area contributed by atoms with Crippen molar-refractivity contribution in [3.63, 3.8) is 0 Å². The second kappa shape index (κ2) is 14.9. The van der Waals surface area contributed by atoms with E-state index in [1.807, 2.05) is 6.92 Å². The molecule has 6 aliphatic rings. The summed E-state index contributed by atoms with van der Waals surface area (Å²) in [6.07, 6.45) is -3.55. The van der Waals surface area contributed by atoms with E-state index in [0.29, 0.717) is 19.3 Å². The zero-order valence-electron chi connectivity index (χ0n) is 33.2. The van der Waals surface area contributed by atoms with E-state index in [9.17, 15) is 40.9 Å². The third-order valence-corrected chi connectivity index (χ3v) is 16.2. The van der Waals surface area contributed by atoms with E-state index in [0.717, 1.165) is 38.5 Å². The van der Waals surface area contributed by atoms with Gasteiger partial charge in [0.05, 0.1) is 31.0 Å². The fourth-order valence-electron chi connectivity index (χ4n) is 13.0. The van der Waals surface area contributed by atoms with Gasteiger partial charge >= 0.3 is 0 Å². The van der Waals surface area contributed by atoms with Crippen LogP contribution in [0.3, 0.4) is 0 Å². The van der Waals surface area contributed by atoms with E-state index in [-0.39, 0.29) is 64.6 Å². The summed E-state index contributed by atoms with van der Waals surface area (Å²) in [6.45, 7) is 17.3. The molecular formula is C41H70O12. The number of hydrogen-bond donors (Lipinski definition) is 8. The molecule has 12 nitrogen and oxygen atoms in total. The molecule has 2 saturated heterocycles. The molecule has 4 saturated carbocycles. The lowest BCUT2D eigenvalue weighted by atomic mass is 9.35. The Bertz CT molecular complexity index is 1320. The maximum absolute atomic E-state index is 12.1. The van der Waals surface area contributed by atoms with Gasteiger partial charge in [0.2, 0.25) is 0 Å². The van der Waals surface area contributed by atoms with E-state index >= 15 is 0 Å². The maximum Gasteiger partial charge on any atom is 0.186 e. The first-order valence-electron chi connectivity index (χ1n) is 20.3. The van der Waals surface area contributed by atoms with Crippen LogP contribution in [0, 0.1) is 45.3 Å². The average Bonchev–Trinajstić information content (AvgIpc) is 3.47. The van der Waals surface area contributed by atoms with Crippen molar-refractivity contribution in [2.45, 2.75) is 186 Å². The van der Waals surface area contributed by atoms with E-state index in [4.69, 9.17) is 18.9 Å². The minimum absolute atomic E-state index is 0.0173. The van der Waals surface area contributed by atoms with Crippen molar-refractivity contribution >= 4 is 0 Å². The van der Waals surface area contributed by atoms with Gasteiger partial charge in [-0.05, 0) is 124 Å². The Balaban J connectivity index is 1.16. The smallest absolute Gasteiger partial charge is 0.186 e. The zero-order chi connectivity index (χ0) is 39.1. The molecule has 8 N–H and O–H groups in total. The molecule has 0 amide bonds. The first kappa shape index (κ1) is 41.9. The summed E-state index contributed by atoms with van der Waals surface area (Å²) in [4.78, 5) is 0. The molecule has 6 fully saturated rings. The van der Waals surface area contributed by atoms with Crippen molar-refractivity contribution in [1.82, 2.24) is 0 Å². The van der Waals surface area contributed by atoms with Crippen LogP contribution in [0.25, 0.3) is 0 Å². The molecule has 0 radical (unpaired) electrons. The van der Waals surface area contributed by atoms with Crippen LogP contribution in [0.1, 0.15) is 113 Å². The highest BCUT2D eigenvalue weighted by Gasteiger charge is 2.71. The van der Waals surface area contributed by atoms with Crippen molar-refractivity contribution in [3.8, 4) is 0 Å². The van der Waals surface area contributed by atoms with Gasteiger partial charge in [-0.15, -0.1) is 0 Å². The second-order valence-electron chi connectivity index (χ2n) is 19.7. The number of fused-ring (bicyclic) bond motifs is 5. The lowest BCUT2D eigenvalue weighted by Crippen LogP contribution is -2.67. The summed E-state index contributed by atoms with van der Waals surface area (Å²) >= 11 is 0. The second-order valence-corrected chi connectivity index (χ2v) is 19.7. The Labute approximate surface area is 315 Å². The quantitative estimate of drug-likeness (QED) is 0.127. The molecule has 0 unspecified atom stereocenters. The van der Waals surface area contributed by atoms with Gasteiger partial charge in [-0.1, -0.05) is 46.3 Å². The molecule has 0 aromatic heterocycles. The molecule has 53 heavy (non-hydrogen) atoms. The lowest BCUT2D eigenvalue weighted by molar-refractivity contribution is -0.341. The number of rotatable bonds is 9. The van der Waals surface area contributed by atoms with Gasteiger partial charge in [0.15, 0.2) is 12.6 Å². The molecule has 2 aliphatic heterocycles. The molecule has 0 bridgehead atoms. The third kappa shape index (κ3) is 7.00. The molecule has 6 rings (SSSR count). The highest BCUT2D eigenvalue weighted by Crippen LogP contribution is 2.76. The predicted molar refractivity (Wildman–Crippen MR) is 195 cm³/mol. The van der Waals surface area contributed by atoms with Gasteiger partial charge in [-0.2, -0.15) is 0 Å². The summed E-state index contributed by atoms with van der Waals surface area (Å²) in [5.74, 6) is 0.588. The Morgan fingerprint density at radius 2 is 1.43 bits per heavy atom. The predicted octanol–water partition coefficient (Wildman–Crippen LogP) is 2.79. The molecular weight excluding hydrogens is 684 g/mol. The van der Waals surface area contributed by atoms with Crippen LogP contribution in [0.4, 0.5) is 0 Å². The normalized spacial score (nSPS) is 52.1. The highest BCUT2D eigenvalue weighted by molar-refractivity contribution is 5.20. The molecule has 0 spiro atoms. The van der Waals surface area contributed by atoms with Crippen molar-refractivity contribution < 1.29 is 59.8 Å². The molecule has 306 valence electrons. The van der Waals surface area contributed by atoms with Crippen LogP contribution in [-0.4, -0.2) is 127 Å². The van der Waals surface area contributed by atoms with Crippen LogP contribution in [0.5, 0.6) is 0 Å². The van der Waals surface area contributed by atoms with Crippen LogP contribution >= 0.6 is 0 Å². The fourth-order valence-corrected chi connectivity index (χ4v) is 13.0. The minimum atomic E-state index is -1.58.